The monoisotopic (exact) mass is 341 g/mol. The summed E-state index contributed by atoms with van der Waals surface area (Å²) in [5, 5.41) is 4.06. The third kappa shape index (κ3) is 3.55. The lowest BCUT2D eigenvalue weighted by Crippen LogP contribution is -2.41. The van der Waals surface area contributed by atoms with Crippen molar-refractivity contribution in [2.24, 2.45) is 5.92 Å². The van der Waals surface area contributed by atoms with Gasteiger partial charge in [-0.25, -0.2) is 0 Å². The maximum atomic E-state index is 12.9. The second-order valence-corrected chi connectivity index (χ2v) is 7.58. The predicted molar refractivity (Wildman–Crippen MR) is 97.4 cm³/mol. The summed E-state index contributed by atoms with van der Waals surface area (Å²) in [6, 6.07) is 10.2. The largest absolute Gasteiger partial charge is 0.378 e. The van der Waals surface area contributed by atoms with Crippen molar-refractivity contribution < 1.29 is 9.53 Å². The standard InChI is InChI=1S/C20H23NO2S/c22-20(19-14-24-13-18(19)16-4-2-1-3-5-16)21-10-8-17(9-11-21)23-12-15-6-7-15/h1-5,13-15,17H,6-12H2. The van der Waals surface area contributed by atoms with Gasteiger partial charge in [-0.1, -0.05) is 30.3 Å². The van der Waals surface area contributed by atoms with Crippen LogP contribution in [-0.2, 0) is 4.74 Å². The highest BCUT2D eigenvalue weighted by Crippen LogP contribution is 2.31. The van der Waals surface area contributed by atoms with Crippen LogP contribution in [0.5, 0.6) is 0 Å². The van der Waals surface area contributed by atoms with Crippen LogP contribution < -0.4 is 0 Å². The first-order valence-electron chi connectivity index (χ1n) is 8.84. The van der Waals surface area contributed by atoms with Crippen LogP contribution in [0.2, 0.25) is 0 Å². The molecule has 1 saturated heterocycles. The molecule has 1 aromatic carbocycles. The second-order valence-electron chi connectivity index (χ2n) is 6.83. The zero-order valence-electron chi connectivity index (χ0n) is 13.8. The molecule has 0 bridgehead atoms. The molecule has 1 aliphatic heterocycles. The Morgan fingerprint density at radius 1 is 1.08 bits per heavy atom. The summed E-state index contributed by atoms with van der Waals surface area (Å²) in [4.78, 5) is 14.9. The van der Waals surface area contributed by atoms with E-state index >= 15 is 0 Å². The van der Waals surface area contributed by atoms with Gasteiger partial charge in [0.2, 0.25) is 0 Å². The van der Waals surface area contributed by atoms with E-state index in [1.165, 1.54) is 12.8 Å². The van der Waals surface area contributed by atoms with Crippen molar-refractivity contribution >= 4 is 17.2 Å². The maximum Gasteiger partial charge on any atom is 0.255 e. The Bertz CT molecular complexity index is 685. The van der Waals surface area contributed by atoms with Gasteiger partial charge in [0.05, 0.1) is 11.7 Å². The van der Waals surface area contributed by atoms with Gasteiger partial charge in [-0.05, 0) is 42.5 Å². The van der Waals surface area contributed by atoms with Gasteiger partial charge in [0.25, 0.3) is 5.91 Å². The van der Waals surface area contributed by atoms with E-state index in [1.807, 2.05) is 28.5 Å². The normalized spacial score (nSPS) is 18.8. The number of hydrogen-bond acceptors (Lipinski definition) is 3. The minimum absolute atomic E-state index is 0.163. The van der Waals surface area contributed by atoms with Gasteiger partial charge in [0, 0.05) is 30.6 Å². The van der Waals surface area contributed by atoms with Gasteiger partial charge in [-0.3, -0.25) is 4.79 Å². The van der Waals surface area contributed by atoms with E-state index in [2.05, 4.69) is 17.5 Å². The molecule has 1 saturated carbocycles. The fourth-order valence-electron chi connectivity index (χ4n) is 3.26. The molecule has 2 heterocycles. The van der Waals surface area contributed by atoms with Crippen LogP contribution >= 0.6 is 11.3 Å². The zero-order chi connectivity index (χ0) is 16.4. The van der Waals surface area contributed by atoms with Crippen LogP contribution in [0, 0.1) is 5.92 Å². The van der Waals surface area contributed by atoms with Crippen molar-refractivity contribution in [1.29, 1.82) is 0 Å². The van der Waals surface area contributed by atoms with E-state index in [0.717, 1.165) is 55.1 Å². The quantitative estimate of drug-likeness (QED) is 0.804. The van der Waals surface area contributed by atoms with Crippen LogP contribution in [-0.4, -0.2) is 36.6 Å². The van der Waals surface area contributed by atoms with Crippen LogP contribution in [0.15, 0.2) is 41.1 Å². The number of carbonyl (C=O) groups is 1. The number of amides is 1. The van der Waals surface area contributed by atoms with Crippen molar-refractivity contribution in [2.75, 3.05) is 19.7 Å². The van der Waals surface area contributed by atoms with E-state index < -0.39 is 0 Å². The molecule has 3 nitrogen and oxygen atoms in total. The topological polar surface area (TPSA) is 29.5 Å². The molecule has 1 amide bonds. The van der Waals surface area contributed by atoms with Gasteiger partial charge in [0.15, 0.2) is 0 Å². The molecule has 4 heteroatoms. The lowest BCUT2D eigenvalue weighted by molar-refractivity contribution is 0.00414. The molecular weight excluding hydrogens is 318 g/mol. The molecule has 2 fully saturated rings. The summed E-state index contributed by atoms with van der Waals surface area (Å²) in [6.07, 6.45) is 4.92. The SMILES string of the molecule is O=C(c1cscc1-c1ccccc1)N1CCC(OCC2CC2)CC1. The number of benzene rings is 1. The van der Waals surface area contributed by atoms with Crippen molar-refractivity contribution in [3.63, 3.8) is 0 Å². The summed E-state index contributed by atoms with van der Waals surface area (Å²) in [6.45, 7) is 2.53. The van der Waals surface area contributed by atoms with Crippen molar-refractivity contribution in [2.45, 2.75) is 31.8 Å². The first-order chi connectivity index (χ1) is 11.8. The molecule has 4 rings (SSSR count). The van der Waals surface area contributed by atoms with E-state index in [0.29, 0.717) is 6.10 Å². The van der Waals surface area contributed by atoms with Gasteiger partial charge >= 0.3 is 0 Å². The van der Waals surface area contributed by atoms with Gasteiger partial charge < -0.3 is 9.64 Å². The summed E-state index contributed by atoms with van der Waals surface area (Å²) >= 11 is 1.60. The Morgan fingerprint density at radius 2 is 1.83 bits per heavy atom. The summed E-state index contributed by atoms with van der Waals surface area (Å²) in [5.41, 5.74) is 3.01. The van der Waals surface area contributed by atoms with E-state index in [4.69, 9.17) is 4.74 Å². The average Bonchev–Trinajstić information content (AvgIpc) is 3.34. The minimum atomic E-state index is 0.163. The Kier molecular flexibility index (Phi) is 4.67. The highest BCUT2D eigenvalue weighted by molar-refractivity contribution is 7.08. The number of piperidine rings is 1. The van der Waals surface area contributed by atoms with Crippen LogP contribution in [0.25, 0.3) is 11.1 Å². The lowest BCUT2D eigenvalue weighted by atomic mass is 10.0. The van der Waals surface area contributed by atoms with Crippen LogP contribution in [0.1, 0.15) is 36.0 Å². The highest BCUT2D eigenvalue weighted by atomic mass is 32.1. The smallest absolute Gasteiger partial charge is 0.255 e. The molecular formula is C20H23NO2S. The molecule has 0 atom stereocenters. The number of ether oxygens (including phenoxy) is 1. The first kappa shape index (κ1) is 15.9. The second kappa shape index (κ2) is 7.08. The fourth-order valence-corrected chi connectivity index (χ4v) is 4.09. The van der Waals surface area contributed by atoms with Crippen molar-refractivity contribution in [3.8, 4) is 11.1 Å². The number of thiophene rings is 1. The molecule has 0 N–H and O–H groups in total. The number of rotatable bonds is 5. The summed E-state index contributed by atoms with van der Waals surface area (Å²) in [7, 11) is 0. The molecule has 2 aliphatic rings. The third-order valence-corrected chi connectivity index (χ3v) is 5.71. The Labute approximate surface area is 147 Å². The average molecular weight is 341 g/mol. The van der Waals surface area contributed by atoms with Crippen LogP contribution in [0.4, 0.5) is 0 Å². The first-order valence-corrected chi connectivity index (χ1v) is 9.78. The number of carbonyl (C=O) groups excluding carboxylic acids is 1. The predicted octanol–water partition coefficient (Wildman–Crippen LogP) is 4.45. The Hall–Kier alpha value is -1.65. The molecule has 1 aliphatic carbocycles. The molecule has 2 aromatic rings. The van der Waals surface area contributed by atoms with Crippen LogP contribution in [0.3, 0.4) is 0 Å². The fraction of sp³-hybridized carbons (Fsp3) is 0.450. The highest BCUT2D eigenvalue weighted by Gasteiger charge is 2.28. The van der Waals surface area contributed by atoms with Crippen molar-refractivity contribution in [1.82, 2.24) is 4.90 Å². The Balaban J connectivity index is 1.39. The molecule has 126 valence electrons. The lowest BCUT2D eigenvalue weighted by Gasteiger charge is -2.32. The maximum absolute atomic E-state index is 12.9. The zero-order valence-corrected chi connectivity index (χ0v) is 14.6. The van der Waals surface area contributed by atoms with E-state index in [1.54, 1.807) is 11.3 Å². The molecule has 0 spiro atoms. The molecule has 0 unspecified atom stereocenters. The molecule has 0 radical (unpaired) electrons. The van der Waals surface area contributed by atoms with E-state index in [9.17, 15) is 4.79 Å². The van der Waals surface area contributed by atoms with Gasteiger partial charge in [-0.15, -0.1) is 0 Å². The van der Waals surface area contributed by atoms with E-state index in [-0.39, 0.29) is 5.91 Å². The number of likely N-dealkylation sites (tertiary alicyclic amines) is 1. The minimum Gasteiger partial charge on any atom is -0.378 e. The summed E-state index contributed by atoms with van der Waals surface area (Å²) < 4.78 is 5.98. The Morgan fingerprint density at radius 3 is 2.54 bits per heavy atom. The molecule has 24 heavy (non-hydrogen) atoms. The van der Waals surface area contributed by atoms with Gasteiger partial charge in [0.1, 0.15) is 0 Å². The number of nitrogens with zero attached hydrogens (tertiary/aromatic N) is 1. The van der Waals surface area contributed by atoms with Crippen molar-refractivity contribution in [3.05, 3.63) is 46.7 Å². The molecule has 1 aromatic heterocycles. The number of hydrogen-bond donors (Lipinski definition) is 0. The van der Waals surface area contributed by atoms with Gasteiger partial charge in [-0.2, -0.15) is 11.3 Å². The summed E-state index contributed by atoms with van der Waals surface area (Å²) in [5.74, 6) is 0.972. The third-order valence-electron chi connectivity index (χ3n) is 4.97.